The monoisotopic (exact) mass is 372 g/mol. The Labute approximate surface area is 160 Å². The first-order valence-electron chi connectivity index (χ1n) is 8.45. The van der Waals surface area contributed by atoms with Gasteiger partial charge in [0, 0.05) is 12.3 Å². The number of thiophene rings is 1. The Balaban J connectivity index is 1.81. The molecule has 2 aromatic heterocycles. The third kappa shape index (κ3) is 3.45. The second-order valence-corrected chi connectivity index (χ2v) is 6.85. The molecule has 2 heterocycles. The van der Waals surface area contributed by atoms with Gasteiger partial charge in [0.15, 0.2) is 0 Å². The molecule has 0 fully saturated rings. The summed E-state index contributed by atoms with van der Waals surface area (Å²) in [6, 6.07) is 22.6. The molecule has 4 rings (SSSR count). The Bertz CT molecular complexity index is 1140. The molecular formula is C22H16N2O2S. The van der Waals surface area contributed by atoms with Crippen molar-refractivity contribution in [1.29, 1.82) is 0 Å². The summed E-state index contributed by atoms with van der Waals surface area (Å²) < 4.78 is 2.72. The minimum absolute atomic E-state index is 0.373. The van der Waals surface area contributed by atoms with Crippen molar-refractivity contribution >= 4 is 23.3 Å². The Kier molecular flexibility index (Phi) is 4.68. The van der Waals surface area contributed by atoms with E-state index in [1.807, 2.05) is 78.2 Å². The van der Waals surface area contributed by atoms with Crippen LogP contribution in [0.4, 0.5) is 0 Å². The van der Waals surface area contributed by atoms with Crippen molar-refractivity contribution in [3.05, 3.63) is 106 Å². The maximum Gasteiger partial charge on any atom is 0.340 e. The Morgan fingerprint density at radius 2 is 1.59 bits per heavy atom. The van der Waals surface area contributed by atoms with Crippen molar-refractivity contribution < 1.29 is 4.79 Å². The van der Waals surface area contributed by atoms with E-state index in [-0.39, 0.29) is 11.6 Å². The fraction of sp³-hybridized carbons (Fsp3) is 0. The summed E-state index contributed by atoms with van der Waals surface area (Å²) >= 11 is 1.49. The van der Waals surface area contributed by atoms with E-state index in [1.165, 1.54) is 26.5 Å². The van der Waals surface area contributed by atoms with E-state index in [1.54, 1.807) is 12.3 Å². The molecule has 0 saturated carbocycles. The fourth-order valence-electron chi connectivity index (χ4n) is 2.84. The van der Waals surface area contributed by atoms with E-state index >= 15 is 0 Å². The molecule has 0 radical (unpaired) electrons. The molecule has 4 aromatic rings. The first kappa shape index (κ1) is 17.0. The van der Waals surface area contributed by atoms with Gasteiger partial charge >= 0.3 is 5.69 Å². The first-order valence-corrected chi connectivity index (χ1v) is 9.33. The van der Waals surface area contributed by atoms with Gasteiger partial charge in [-0.3, -0.25) is 9.36 Å². The Morgan fingerprint density at radius 3 is 2.26 bits per heavy atom. The number of carbonyl (C=O) groups is 1. The molecule has 4 nitrogen and oxygen atoms in total. The first-order chi connectivity index (χ1) is 13.2. The van der Waals surface area contributed by atoms with Crippen LogP contribution in [0.25, 0.3) is 22.3 Å². The summed E-state index contributed by atoms with van der Waals surface area (Å²) in [6.45, 7) is 0. The Hall–Kier alpha value is -3.44. The van der Waals surface area contributed by atoms with E-state index in [0.717, 1.165) is 16.1 Å². The lowest BCUT2D eigenvalue weighted by molar-refractivity contribution is 0.0967. The molecular weight excluding hydrogens is 356 g/mol. The van der Waals surface area contributed by atoms with Crippen LogP contribution in [0.2, 0.25) is 0 Å². The standard InChI is InChI=1S/C22H16N2O2S/c25-21(14-13-17-8-3-1-4-9-17)24-19(20-12-7-15-27-20)16-23(22(24)26)18-10-5-2-6-11-18/h1-16H. The molecule has 0 unspecified atom stereocenters. The topological polar surface area (TPSA) is 44.0 Å². The molecule has 0 atom stereocenters. The van der Waals surface area contributed by atoms with Crippen LogP contribution in [-0.2, 0) is 0 Å². The smallest absolute Gasteiger partial charge is 0.269 e. The second kappa shape index (κ2) is 7.43. The van der Waals surface area contributed by atoms with E-state index < -0.39 is 0 Å². The zero-order valence-electron chi connectivity index (χ0n) is 14.4. The molecule has 0 saturated heterocycles. The highest BCUT2D eigenvalue weighted by atomic mass is 32.1. The van der Waals surface area contributed by atoms with Crippen LogP contribution in [0.1, 0.15) is 10.4 Å². The van der Waals surface area contributed by atoms with Gasteiger partial charge in [-0.1, -0.05) is 54.6 Å². The molecule has 0 bridgehead atoms. The van der Waals surface area contributed by atoms with Crippen molar-refractivity contribution in [3.8, 4) is 16.3 Å². The molecule has 0 N–H and O–H groups in total. The highest BCUT2D eigenvalue weighted by Crippen LogP contribution is 2.25. The van der Waals surface area contributed by atoms with Gasteiger partial charge < -0.3 is 0 Å². The second-order valence-electron chi connectivity index (χ2n) is 5.90. The lowest BCUT2D eigenvalue weighted by Crippen LogP contribution is -2.27. The number of carbonyl (C=O) groups excluding carboxylic acids is 1. The van der Waals surface area contributed by atoms with Crippen LogP contribution < -0.4 is 5.69 Å². The van der Waals surface area contributed by atoms with Gasteiger partial charge in [-0.15, -0.1) is 11.3 Å². The largest absolute Gasteiger partial charge is 0.340 e. The molecule has 132 valence electrons. The number of imidazole rings is 1. The summed E-state index contributed by atoms with van der Waals surface area (Å²) in [5.74, 6) is -0.373. The van der Waals surface area contributed by atoms with E-state index in [9.17, 15) is 9.59 Å². The molecule has 0 amide bonds. The molecule has 0 aliphatic heterocycles. The van der Waals surface area contributed by atoms with E-state index in [0.29, 0.717) is 5.69 Å². The van der Waals surface area contributed by atoms with Gasteiger partial charge in [-0.25, -0.2) is 9.36 Å². The van der Waals surface area contributed by atoms with Crippen LogP contribution in [0.15, 0.2) is 95.2 Å². The average Bonchev–Trinajstić information content (AvgIpc) is 3.35. The summed E-state index contributed by atoms with van der Waals surface area (Å²) in [7, 11) is 0. The SMILES string of the molecule is O=C(C=Cc1ccccc1)n1c(-c2cccs2)cn(-c2ccccc2)c1=O. The summed E-state index contributed by atoms with van der Waals surface area (Å²) in [5.41, 5.74) is 1.83. The number of rotatable bonds is 4. The zero-order valence-corrected chi connectivity index (χ0v) is 15.2. The third-order valence-corrected chi connectivity index (χ3v) is 5.03. The van der Waals surface area contributed by atoms with Crippen molar-refractivity contribution in [2.45, 2.75) is 0 Å². The predicted octanol–water partition coefficient (Wildman–Crippen LogP) is 4.72. The highest BCUT2D eigenvalue weighted by Gasteiger charge is 2.18. The van der Waals surface area contributed by atoms with Crippen LogP contribution in [-0.4, -0.2) is 15.0 Å². The van der Waals surface area contributed by atoms with Crippen molar-refractivity contribution in [2.24, 2.45) is 0 Å². The van der Waals surface area contributed by atoms with Crippen LogP contribution in [0.3, 0.4) is 0 Å². The minimum Gasteiger partial charge on any atom is -0.269 e. The van der Waals surface area contributed by atoms with Crippen molar-refractivity contribution in [3.63, 3.8) is 0 Å². The molecule has 5 heteroatoms. The van der Waals surface area contributed by atoms with Gasteiger partial charge in [0.05, 0.1) is 16.3 Å². The number of aromatic nitrogens is 2. The number of nitrogens with zero attached hydrogens (tertiary/aromatic N) is 2. The summed E-state index contributed by atoms with van der Waals surface area (Å²) in [6.07, 6.45) is 4.87. The number of hydrogen-bond acceptors (Lipinski definition) is 3. The molecule has 0 spiro atoms. The molecule has 0 aliphatic carbocycles. The van der Waals surface area contributed by atoms with Crippen molar-refractivity contribution in [1.82, 2.24) is 9.13 Å². The highest BCUT2D eigenvalue weighted by molar-refractivity contribution is 7.13. The lowest BCUT2D eigenvalue weighted by Gasteiger charge is -2.01. The minimum atomic E-state index is -0.382. The molecule has 2 aromatic carbocycles. The third-order valence-electron chi connectivity index (χ3n) is 4.14. The zero-order chi connectivity index (χ0) is 18.6. The number of hydrogen-bond donors (Lipinski definition) is 0. The quantitative estimate of drug-likeness (QED) is 0.487. The number of allylic oxidation sites excluding steroid dienone is 1. The van der Waals surface area contributed by atoms with Crippen molar-refractivity contribution in [2.75, 3.05) is 0 Å². The maximum atomic E-state index is 13.0. The van der Waals surface area contributed by atoms with Crippen LogP contribution in [0, 0.1) is 0 Å². The number of para-hydroxylation sites is 1. The van der Waals surface area contributed by atoms with E-state index in [2.05, 4.69) is 0 Å². The normalized spacial score (nSPS) is 11.1. The van der Waals surface area contributed by atoms with Crippen LogP contribution in [0.5, 0.6) is 0 Å². The Morgan fingerprint density at radius 1 is 0.889 bits per heavy atom. The van der Waals surface area contributed by atoms with Gasteiger partial charge in [0.1, 0.15) is 0 Å². The van der Waals surface area contributed by atoms with Gasteiger partial charge in [-0.2, -0.15) is 0 Å². The van der Waals surface area contributed by atoms with Gasteiger partial charge in [-0.05, 0) is 35.2 Å². The predicted molar refractivity (Wildman–Crippen MR) is 109 cm³/mol. The van der Waals surface area contributed by atoms with Crippen LogP contribution >= 0.6 is 11.3 Å². The summed E-state index contributed by atoms with van der Waals surface area (Å²) in [4.78, 5) is 26.7. The number of benzene rings is 2. The van der Waals surface area contributed by atoms with Gasteiger partial charge in [0.2, 0.25) is 0 Å². The summed E-state index contributed by atoms with van der Waals surface area (Å²) in [5, 5.41) is 1.92. The van der Waals surface area contributed by atoms with E-state index in [4.69, 9.17) is 0 Å². The fourth-order valence-corrected chi connectivity index (χ4v) is 3.56. The van der Waals surface area contributed by atoms with Gasteiger partial charge in [0.25, 0.3) is 5.91 Å². The molecule has 0 aliphatic rings. The maximum absolute atomic E-state index is 13.0. The average molecular weight is 372 g/mol. The molecule has 27 heavy (non-hydrogen) atoms. The lowest BCUT2D eigenvalue weighted by atomic mass is 10.2.